The Morgan fingerprint density at radius 1 is 1.02 bits per heavy atom. The van der Waals surface area contributed by atoms with E-state index in [1.165, 1.54) is 6.92 Å². The summed E-state index contributed by atoms with van der Waals surface area (Å²) in [5.74, 6) is 0.291. The van der Waals surface area contributed by atoms with Gasteiger partial charge < -0.3 is 18.8 Å². The molecule has 4 rings (SSSR count). The van der Waals surface area contributed by atoms with Crippen molar-refractivity contribution >= 4 is 23.7 Å². The number of H-pyrrole nitrogens is 1. The number of ether oxygens (including phenoxy) is 3. The zero-order chi connectivity index (χ0) is 38.5. The quantitative estimate of drug-likeness (QED) is 0.0416. The molecule has 0 fully saturated rings. The number of nitrogens with zero attached hydrogens (tertiary/aromatic N) is 7. The summed E-state index contributed by atoms with van der Waals surface area (Å²) in [6.07, 6.45) is -0.859. The molecule has 20 heteroatoms. The molecule has 2 heterocycles. The minimum atomic E-state index is -1.35. The topological polar surface area (TPSA) is 240 Å². The highest BCUT2D eigenvalue weighted by atomic mass is 35.5. The number of hydrogen-bond donors (Lipinski definition) is 5. The molecule has 2 atom stereocenters. The number of benzene rings is 2. The molecule has 0 spiro atoms. The van der Waals surface area contributed by atoms with E-state index in [-0.39, 0.29) is 36.8 Å². The lowest BCUT2D eigenvalue weighted by molar-refractivity contribution is -0.528. The minimum Gasteiger partial charge on any atom is -0.434 e. The normalized spacial score (nSPS) is 13.0. The highest BCUT2D eigenvalue weighted by Gasteiger charge is 2.29. The molecule has 2 aromatic heterocycles. The number of aryl methyl sites for hydroxylation is 1. The van der Waals surface area contributed by atoms with Crippen LogP contribution in [0.1, 0.15) is 75.3 Å². The summed E-state index contributed by atoms with van der Waals surface area (Å²) in [5.41, 5.74) is 2.93. The largest absolute Gasteiger partial charge is 0.511 e. The van der Waals surface area contributed by atoms with Crippen LogP contribution >= 0.6 is 11.6 Å². The summed E-state index contributed by atoms with van der Waals surface area (Å²) in [6.45, 7) is 6.61. The molecule has 0 aliphatic heterocycles. The highest BCUT2D eigenvalue weighted by Crippen LogP contribution is 2.31. The smallest absolute Gasteiger partial charge is 0.434 e. The van der Waals surface area contributed by atoms with Crippen molar-refractivity contribution in [2.75, 3.05) is 13.2 Å². The van der Waals surface area contributed by atoms with Gasteiger partial charge in [0.25, 0.3) is 0 Å². The summed E-state index contributed by atoms with van der Waals surface area (Å²) in [7, 11) is 0. The van der Waals surface area contributed by atoms with Gasteiger partial charge in [0.1, 0.15) is 18.5 Å². The molecule has 0 saturated heterocycles. The van der Waals surface area contributed by atoms with E-state index in [9.17, 15) is 9.59 Å². The van der Waals surface area contributed by atoms with E-state index in [0.29, 0.717) is 18.1 Å². The Bertz CT molecular complexity index is 1750. The first kappa shape index (κ1) is 41.2. The van der Waals surface area contributed by atoms with Crippen molar-refractivity contribution in [1.29, 1.82) is 0 Å². The van der Waals surface area contributed by atoms with Gasteiger partial charge in [0.2, 0.25) is 6.29 Å². The van der Waals surface area contributed by atoms with Gasteiger partial charge in [-0.3, -0.25) is 20.8 Å². The van der Waals surface area contributed by atoms with Crippen LogP contribution in [0.4, 0.5) is 4.79 Å². The van der Waals surface area contributed by atoms with Crippen LogP contribution in [0.15, 0.2) is 48.5 Å². The maximum Gasteiger partial charge on any atom is 0.511 e. The number of aromatic amines is 1. The first-order chi connectivity index (χ1) is 25.3. The van der Waals surface area contributed by atoms with E-state index in [2.05, 4.69) is 30.4 Å². The summed E-state index contributed by atoms with van der Waals surface area (Å²) in [5, 5.41) is 48.6. The van der Waals surface area contributed by atoms with Crippen LogP contribution in [-0.2, 0) is 36.9 Å². The summed E-state index contributed by atoms with van der Waals surface area (Å²) in [4.78, 5) is 39.6. The summed E-state index contributed by atoms with van der Waals surface area (Å²) < 4.78 is 17.4. The molecule has 2 aromatic carbocycles. The Kier molecular flexibility index (Phi) is 15.1. The molecular formula is C33H43ClN8O11. The van der Waals surface area contributed by atoms with Crippen molar-refractivity contribution < 1.29 is 54.3 Å². The molecule has 0 radical (unpaired) electrons. The molecular weight excluding hydrogens is 720 g/mol. The van der Waals surface area contributed by atoms with Crippen LogP contribution in [0, 0.1) is 5.41 Å². The Balaban J connectivity index is 1.38. The van der Waals surface area contributed by atoms with Crippen LogP contribution in [0.2, 0.25) is 5.15 Å². The van der Waals surface area contributed by atoms with Gasteiger partial charge in [-0.05, 0) is 51.8 Å². The number of unbranched alkanes of at least 4 members (excludes halogenated alkanes) is 1. The molecule has 0 aliphatic rings. The predicted octanol–water partition coefficient (Wildman–Crippen LogP) is 5.63. The average molecular weight is 763 g/mol. The van der Waals surface area contributed by atoms with Crippen molar-refractivity contribution in [3.05, 3.63) is 70.8 Å². The second-order valence-electron chi connectivity index (χ2n) is 12.7. The molecule has 288 valence electrons. The van der Waals surface area contributed by atoms with E-state index >= 15 is 0 Å². The Morgan fingerprint density at radius 3 is 2.38 bits per heavy atom. The first-order valence-corrected chi connectivity index (χ1v) is 17.0. The second-order valence-corrected chi connectivity index (χ2v) is 13.0. The molecule has 0 saturated carbocycles. The Morgan fingerprint density at radius 2 is 1.74 bits per heavy atom. The maximum absolute atomic E-state index is 13.5. The summed E-state index contributed by atoms with van der Waals surface area (Å²) in [6, 6.07) is 15.5. The third-order valence-corrected chi connectivity index (χ3v) is 8.28. The number of hydrogen-bond acceptors (Lipinski definition) is 17. The van der Waals surface area contributed by atoms with E-state index in [1.54, 1.807) is 18.4 Å². The summed E-state index contributed by atoms with van der Waals surface area (Å²) >= 11 is 6.50. The van der Waals surface area contributed by atoms with Crippen LogP contribution in [0.3, 0.4) is 0 Å². The van der Waals surface area contributed by atoms with Gasteiger partial charge in [-0.2, -0.15) is 0 Å². The fourth-order valence-corrected chi connectivity index (χ4v) is 5.76. The lowest BCUT2D eigenvalue weighted by Gasteiger charge is -2.29. The number of rotatable bonds is 20. The Labute approximate surface area is 309 Å². The molecule has 4 aromatic rings. The molecule has 5 N–H and O–H groups in total. The Hall–Kier alpha value is -4.57. The first-order valence-electron chi connectivity index (χ1n) is 16.6. The van der Waals surface area contributed by atoms with Crippen molar-refractivity contribution in [2.45, 2.75) is 78.7 Å². The van der Waals surface area contributed by atoms with E-state index < -0.39 is 47.3 Å². The number of nitrogens with one attached hydrogen (secondary N) is 1. The fraction of sp³-hybridized carbons (Fsp3) is 0.455. The second kappa shape index (κ2) is 19.5. The predicted molar refractivity (Wildman–Crippen MR) is 182 cm³/mol. The lowest BCUT2D eigenvalue weighted by Crippen LogP contribution is -2.35. The van der Waals surface area contributed by atoms with Crippen molar-refractivity contribution in [3.63, 3.8) is 0 Å². The van der Waals surface area contributed by atoms with Crippen molar-refractivity contribution in [2.24, 2.45) is 5.41 Å². The number of aromatic nitrogens is 6. The third kappa shape index (κ3) is 12.5. The molecule has 0 amide bonds. The number of carbonyl (C=O) groups excluding carboxylic acids is 2. The molecule has 0 aliphatic carbocycles. The monoisotopic (exact) mass is 762 g/mol. The van der Waals surface area contributed by atoms with Gasteiger partial charge in [0.05, 0.1) is 17.4 Å². The van der Waals surface area contributed by atoms with Crippen LogP contribution in [0.5, 0.6) is 0 Å². The minimum absolute atomic E-state index is 0.00571. The number of imidazole rings is 1. The number of esters is 1. The van der Waals surface area contributed by atoms with Gasteiger partial charge in [-0.1, -0.05) is 87.3 Å². The van der Waals surface area contributed by atoms with Crippen molar-refractivity contribution in [1.82, 2.24) is 41.0 Å². The number of halogens is 1. The molecule has 2 unspecified atom stereocenters. The standard InChI is InChI=1S/C33H43ClN8O11/c1-5-6-11-27-35-29(34)28(40(27)19-22-12-14-23(15-13-22)25-9-7-8-10-26(25)30-36-38-39-37-30)31(43)51-21(2)52-32(44)49-17-16-33(3,4)18-24(53-42(47)48)20-50-41(45)46/h7-10,12-15,21,24,45-48H,5-6,11,16-20H2,1-4H3,(H,36,37,38,39). The third-order valence-electron chi connectivity index (χ3n) is 8.02. The van der Waals surface area contributed by atoms with Crippen molar-refractivity contribution in [3.8, 4) is 22.5 Å². The van der Waals surface area contributed by atoms with E-state index in [0.717, 1.165) is 35.1 Å². The van der Waals surface area contributed by atoms with Gasteiger partial charge >= 0.3 is 12.1 Å². The molecule has 0 bridgehead atoms. The van der Waals surface area contributed by atoms with Gasteiger partial charge in [0, 0.05) is 25.5 Å². The van der Waals surface area contributed by atoms with Gasteiger partial charge in [0.15, 0.2) is 16.7 Å². The van der Waals surface area contributed by atoms with Crippen LogP contribution in [0.25, 0.3) is 22.5 Å². The highest BCUT2D eigenvalue weighted by molar-refractivity contribution is 6.32. The van der Waals surface area contributed by atoms with Gasteiger partial charge in [-0.25, -0.2) is 29.3 Å². The maximum atomic E-state index is 13.5. The molecule has 53 heavy (non-hydrogen) atoms. The zero-order valence-electron chi connectivity index (χ0n) is 29.6. The SMILES string of the molecule is CCCCc1nc(Cl)c(C(=O)OC(C)OC(=O)OCCC(C)(C)CC(CON(O)O)ON(O)O)n1Cc1ccc(-c2ccccc2-c2nnn[nH]2)cc1. The fourth-order valence-electron chi connectivity index (χ4n) is 5.48. The van der Waals surface area contributed by atoms with Crippen LogP contribution < -0.4 is 0 Å². The molecule has 19 nitrogen and oxygen atoms in total. The van der Waals surface area contributed by atoms with Crippen LogP contribution in [-0.4, -0.2) is 99.5 Å². The average Bonchev–Trinajstić information content (AvgIpc) is 3.74. The van der Waals surface area contributed by atoms with Gasteiger partial charge in [-0.15, -0.1) is 5.10 Å². The van der Waals surface area contributed by atoms with E-state index in [1.807, 2.05) is 55.5 Å². The lowest BCUT2D eigenvalue weighted by atomic mass is 9.84. The number of carbonyl (C=O) groups is 2. The number of tetrazole rings is 1. The zero-order valence-corrected chi connectivity index (χ0v) is 30.3. The van der Waals surface area contributed by atoms with E-state index in [4.69, 9.17) is 51.5 Å².